The molecule has 3 rings (SSSR count). The summed E-state index contributed by atoms with van der Waals surface area (Å²) in [5.41, 5.74) is 2.27. The SMILES string of the molecule is CCc1cccc2c(=O)c3cccc(CC(=O)O)c3oc12. The molecule has 1 N–H and O–H groups in total. The molecule has 0 bridgehead atoms. The number of carbonyl (C=O) groups is 1. The molecule has 2 aromatic carbocycles. The first-order chi connectivity index (χ1) is 10.1. The quantitative estimate of drug-likeness (QED) is 0.749. The van der Waals surface area contributed by atoms with E-state index in [-0.39, 0.29) is 11.8 Å². The van der Waals surface area contributed by atoms with E-state index in [0.29, 0.717) is 27.5 Å². The molecular weight excluding hydrogens is 268 g/mol. The van der Waals surface area contributed by atoms with Crippen LogP contribution in [0.3, 0.4) is 0 Å². The van der Waals surface area contributed by atoms with Gasteiger partial charge in [0.15, 0.2) is 0 Å². The fourth-order valence-electron chi connectivity index (χ4n) is 2.60. The van der Waals surface area contributed by atoms with Gasteiger partial charge in [0.25, 0.3) is 0 Å². The Morgan fingerprint density at radius 1 is 1.05 bits per heavy atom. The molecule has 0 radical (unpaired) electrons. The number of benzene rings is 2. The summed E-state index contributed by atoms with van der Waals surface area (Å²) >= 11 is 0. The van der Waals surface area contributed by atoms with Crippen molar-refractivity contribution in [2.75, 3.05) is 0 Å². The molecule has 0 aliphatic rings. The molecule has 0 unspecified atom stereocenters. The van der Waals surface area contributed by atoms with E-state index in [2.05, 4.69) is 0 Å². The maximum atomic E-state index is 12.6. The van der Waals surface area contributed by atoms with E-state index in [9.17, 15) is 9.59 Å². The lowest BCUT2D eigenvalue weighted by atomic mass is 10.0. The molecule has 3 aromatic rings. The van der Waals surface area contributed by atoms with Gasteiger partial charge in [0, 0.05) is 5.56 Å². The number of aryl methyl sites for hydroxylation is 1. The molecule has 0 spiro atoms. The Balaban J connectivity index is 2.46. The number of carboxylic acids is 1. The zero-order chi connectivity index (χ0) is 15.0. The van der Waals surface area contributed by atoms with Crippen molar-refractivity contribution in [2.45, 2.75) is 19.8 Å². The summed E-state index contributed by atoms with van der Waals surface area (Å²) in [5, 5.41) is 9.95. The van der Waals surface area contributed by atoms with Gasteiger partial charge in [-0.3, -0.25) is 9.59 Å². The van der Waals surface area contributed by atoms with Crippen LogP contribution in [0.2, 0.25) is 0 Å². The molecule has 0 fully saturated rings. The first-order valence-electron chi connectivity index (χ1n) is 6.80. The van der Waals surface area contributed by atoms with E-state index in [0.717, 1.165) is 12.0 Å². The fraction of sp³-hybridized carbons (Fsp3) is 0.176. The third kappa shape index (κ3) is 2.18. The van der Waals surface area contributed by atoms with Crippen molar-refractivity contribution in [1.82, 2.24) is 0 Å². The molecule has 4 heteroatoms. The molecule has 0 aliphatic carbocycles. The predicted molar refractivity (Wildman–Crippen MR) is 80.7 cm³/mol. The number of carboxylic acid groups (broad SMARTS) is 1. The van der Waals surface area contributed by atoms with Gasteiger partial charge < -0.3 is 9.52 Å². The summed E-state index contributed by atoms with van der Waals surface area (Å²) in [6, 6.07) is 10.5. The molecule has 106 valence electrons. The van der Waals surface area contributed by atoms with Crippen LogP contribution in [0, 0.1) is 0 Å². The molecule has 0 aliphatic heterocycles. The van der Waals surface area contributed by atoms with Gasteiger partial charge in [-0.1, -0.05) is 31.2 Å². The lowest BCUT2D eigenvalue weighted by Crippen LogP contribution is -2.06. The van der Waals surface area contributed by atoms with Crippen molar-refractivity contribution < 1.29 is 14.3 Å². The third-order valence-electron chi connectivity index (χ3n) is 3.61. The Morgan fingerprint density at radius 3 is 2.19 bits per heavy atom. The van der Waals surface area contributed by atoms with Crippen molar-refractivity contribution in [3.05, 3.63) is 57.7 Å². The van der Waals surface area contributed by atoms with E-state index in [1.54, 1.807) is 24.3 Å². The van der Waals surface area contributed by atoms with Gasteiger partial charge >= 0.3 is 5.97 Å². The van der Waals surface area contributed by atoms with Crippen LogP contribution in [-0.2, 0) is 17.6 Å². The van der Waals surface area contributed by atoms with Gasteiger partial charge in [0.05, 0.1) is 17.2 Å². The zero-order valence-corrected chi connectivity index (χ0v) is 11.6. The fourth-order valence-corrected chi connectivity index (χ4v) is 2.60. The summed E-state index contributed by atoms with van der Waals surface area (Å²) in [6.45, 7) is 1.99. The second-order valence-electron chi connectivity index (χ2n) is 4.94. The normalized spacial score (nSPS) is 11.1. The van der Waals surface area contributed by atoms with Gasteiger partial charge in [-0.2, -0.15) is 0 Å². The van der Waals surface area contributed by atoms with Crippen LogP contribution in [0.25, 0.3) is 21.9 Å². The van der Waals surface area contributed by atoms with Crippen LogP contribution in [0.15, 0.2) is 45.6 Å². The first-order valence-corrected chi connectivity index (χ1v) is 6.80. The molecule has 1 aromatic heterocycles. The van der Waals surface area contributed by atoms with Crippen LogP contribution in [0.1, 0.15) is 18.1 Å². The minimum atomic E-state index is -0.950. The Labute approximate surface area is 120 Å². The Kier molecular flexibility index (Phi) is 3.22. The highest BCUT2D eigenvalue weighted by Gasteiger charge is 2.14. The Bertz CT molecular complexity index is 906. The van der Waals surface area contributed by atoms with Crippen LogP contribution in [0.4, 0.5) is 0 Å². The zero-order valence-electron chi connectivity index (χ0n) is 11.6. The highest BCUT2D eigenvalue weighted by molar-refractivity contribution is 5.93. The predicted octanol–water partition coefficient (Wildman–Crippen LogP) is 3.14. The van der Waals surface area contributed by atoms with E-state index in [1.807, 2.05) is 19.1 Å². The van der Waals surface area contributed by atoms with Gasteiger partial charge in [0.1, 0.15) is 11.2 Å². The maximum Gasteiger partial charge on any atom is 0.307 e. The van der Waals surface area contributed by atoms with Gasteiger partial charge in [-0.05, 0) is 24.1 Å². The van der Waals surface area contributed by atoms with E-state index in [4.69, 9.17) is 9.52 Å². The second-order valence-corrected chi connectivity index (χ2v) is 4.94. The van der Waals surface area contributed by atoms with E-state index in [1.165, 1.54) is 0 Å². The van der Waals surface area contributed by atoms with Gasteiger partial charge in [0.2, 0.25) is 5.43 Å². The van der Waals surface area contributed by atoms with Gasteiger partial charge in [-0.15, -0.1) is 0 Å². The van der Waals surface area contributed by atoms with Crippen LogP contribution < -0.4 is 5.43 Å². The number of aliphatic carboxylic acids is 1. The van der Waals surface area contributed by atoms with E-state index >= 15 is 0 Å². The van der Waals surface area contributed by atoms with Crippen LogP contribution in [-0.4, -0.2) is 11.1 Å². The van der Waals surface area contributed by atoms with Crippen molar-refractivity contribution in [1.29, 1.82) is 0 Å². The van der Waals surface area contributed by atoms with Crippen LogP contribution >= 0.6 is 0 Å². The van der Waals surface area contributed by atoms with Crippen molar-refractivity contribution >= 4 is 27.9 Å². The molecule has 0 saturated heterocycles. The summed E-state index contributed by atoms with van der Waals surface area (Å²) in [6.07, 6.45) is 0.576. The summed E-state index contributed by atoms with van der Waals surface area (Å²) in [7, 11) is 0. The monoisotopic (exact) mass is 282 g/mol. The Hall–Kier alpha value is -2.62. The first kappa shape index (κ1) is 13.4. The molecule has 0 atom stereocenters. The number of para-hydroxylation sites is 2. The lowest BCUT2D eigenvalue weighted by molar-refractivity contribution is -0.136. The molecule has 0 saturated carbocycles. The Morgan fingerprint density at radius 2 is 1.62 bits per heavy atom. The van der Waals surface area contributed by atoms with E-state index < -0.39 is 5.97 Å². The minimum Gasteiger partial charge on any atom is -0.481 e. The largest absolute Gasteiger partial charge is 0.481 e. The summed E-state index contributed by atoms with van der Waals surface area (Å²) in [4.78, 5) is 23.6. The molecular formula is C17H14O4. The molecule has 4 nitrogen and oxygen atoms in total. The minimum absolute atomic E-state index is 0.117. The second kappa shape index (κ2) is 5.05. The topological polar surface area (TPSA) is 67.5 Å². The van der Waals surface area contributed by atoms with Crippen LogP contribution in [0.5, 0.6) is 0 Å². The third-order valence-corrected chi connectivity index (χ3v) is 3.61. The standard InChI is InChI=1S/C17H14O4/c1-2-10-5-3-7-12-15(20)13-8-4-6-11(9-14(18)19)17(13)21-16(10)12/h3-8H,2,9H2,1H3,(H,18,19). The molecule has 21 heavy (non-hydrogen) atoms. The number of hydrogen-bond acceptors (Lipinski definition) is 3. The number of hydrogen-bond donors (Lipinski definition) is 1. The van der Waals surface area contributed by atoms with Crippen molar-refractivity contribution in [3.63, 3.8) is 0 Å². The van der Waals surface area contributed by atoms with Crippen molar-refractivity contribution in [2.24, 2.45) is 0 Å². The average Bonchev–Trinajstić information content (AvgIpc) is 2.47. The number of fused-ring (bicyclic) bond motifs is 2. The van der Waals surface area contributed by atoms with Crippen molar-refractivity contribution in [3.8, 4) is 0 Å². The molecule has 1 heterocycles. The summed E-state index contributed by atoms with van der Waals surface area (Å²) < 4.78 is 5.92. The average molecular weight is 282 g/mol. The highest BCUT2D eigenvalue weighted by atomic mass is 16.4. The van der Waals surface area contributed by atoms with Gasteiger partial charge in [-0.25, -0.2) is 0 Å². The summed E-state index contributed by atoms with van der Waals surface area (Å²) in [5.74, 6) is -0.950. The lowest BCUT2D eigenvalue weighted by Gasteiger charge is -2.07. The maximum absolute atomic E-state index is 12.6. The number of rotatable bonds is 3. The molecule has 0 amide bonds. The smallest absolute Gasteiger partial charge is 0.307 e. The highest BCUT2D eigenvalue weighted by Crippen LogP contribution is 2.24.